The van der Waals surface area contributed by atoms with Crippen molar-refractivity contribution in [2.75, 3.05) is 0 Å². The molecule has 2 radical (unpaired) electrons. The van der Waals surface area contributed by atoms with E-state index in [2.05, 4.69) is 60.7 Å². The van der Waals surface area contributed by atoms with Gasteiger partial charge in [-0.25, -0.2) is 0 Å². The normalized spacial score (nSPS) is 10.1. The first-order valence-corrected chi connectivity index (χ1v) is 4.81. The fourth-order valence-corrected chi connectivity index (χ4v) is 1.88. The van der Waals surface area contributed by atoms with Crippen molar-refractivity contribution in [3.8, 4) is 0 Å². The maximum absolute atomic E-state index is 2.24. The van der Waals surface area contributed by atoms with E-state index in [-0.39, 0.29) is 17.1 Å². The van der Waals surface area contributed by atoms with Crippen molar-refractivity contribution >= 4 is 38.6 Å². The summed E-state index contributed by atoms with van der Waals surface area (Å²) < 4.78 is 0. The third kappa shape index (κ3) is 1.77. The summed E-state index contributed by atoms with van der Waals surface area (Å²) in [6, 6.07) is 21.4. The van der Waals surface area contributed by atoms with Gasteiger partial charge in [-0.3, -0.25) is 0 Å². The predicted molar refractivity (Wildman–Crippen MR) is 67.2 cm³/mol. The largest absolute Gasteiger partial charge is 0.0616 e. The Morgan fingerprint density at radius 3 is 1.00 bits per heavy atom. The summed E-state index contributed by atoms with van der Waals surface area (Å²) in [5.74, 6) is 0. The van der Waals surface area contributed by atoms with Crippen LogP contribution in [-0.2, 0) is 0 Å². The summed E-state index contributed by atoms with van der Waals surface area (Å²) in [4.78, 5) is 0. The Morgan fingerprint density at radius 2 is 0.733 bits per heavy atom. The SMILES string of the molecule is [Se].c1ccc2cc3ccccc3cc2c1. The Bertz CT molecular complexity index is 494. The minimum absolute atomic E-state index is 0. The van der Waals surface area contributed by atoms with Gasteiger partial charge < -0.3 is 0 Å². The number of hydrogen-bond acceptors (Lipinski definition) is 0. The molecule has 0 aliphatic carbocycles. The van der Waals surface area contributed by atoms with Crippen LogP contribution in [-0.4, -0.2) is 17.1 Å². The minimum Gasteiger partial charge on any atom is -0.0616 e. The van der Waals surface area contributed by atoms with Gasteiger partial charge in [0.2, 0.25) is 0 Å². The first-order chi connectivity index (χ1) is 6.93. The molecule has 72 valence electrons. The van der Waals surface area contributed by atoms with Crippen LogP contribution in [0.15, 0.2) is 60.7 Å². The Morgan fingerprint density at radius 1 is 0.467 bits per heavy atom. The van der Waals surface area contributed by atoms with Gasteiger partial charge in [0.15, 0.2) is 0 Å². The van der Waals surface area contributed by atoms with E-state index in [1.54, 1.807) is 0 Å². The van der Waals surface area contributed by atoms with Crippen LogP contribution in [0.3, 0.4) is 0 Å². The Kier molecular flexibility index (Phi) is 2.77. The summed E-state index contributed by atoms with van der Waals surface area (Å²) in [6.07, 6.45) is 0. The van der Waals surface area contributed by atoms with Gasteiger partial charge in [-0.1, -0.05) is 48.5 Å². The molecule has 0 aliphatic rings. The third-order valence-electron chi connectivity index (χ3n) is 2.61. The van der Waals surface area contributed by atoms with Crippen molar-refractivity contribution in [2.24, 2.45) is 0 Å². The van der Waals surface area contributed by atoms with Crippen LogP contribution in [0.4, 0.5) is 0 Å². The minimum atomic E-state index is 0. The van der Waals surface area contributed by atoms with Crippen LogP contribution in [0.25, 0.3) is 21.5 Å². The maximum atomic E-state index is 2.24. The molecule has 3 rings (SSSR count). The zero-order valence-electron chi connectivity index (χ0n) is 8.18. The van der Waals surface area contributed by atoms with Crippen molar-refractivity contribution in [2.45, 2.75) is 0 Å². The van der Waals surface area contributed by atoms with E-state index in [0.717, 1.165) is 0 Å². The molecule has 3 aromatic rings. The van der Waals surface area contributed by atoms with E-state index in [9.17, 15) is 0 Å². The molecule has 0 heterocycles. The van der Waals surface area contributed by atoms with E-state index in [1.165, 1.54) is 21.5 Å². The average molecular weight is 257 g/mol. The zero-order valence-corrected chi connectivity index (χ0v) is 9.89. The summed E-state index contributed by atoms with van der Waals surface area (Å²) in [6.45, 7) is 0. The first kappa shape index (κ1) is 10.2. The molecule has 1 heteroatoms. The van der Waals surface area contributed by atoms with Crippen LogP contribution in [0.1, 0.15) is 0 Å². The van der Waals surface area contributed by atoms with Crippen molar-refractivity contribution in [1.82, 2.24) is 0 Å². The van der Waals surface area contributed by atoms with E-state index >= 15 is 0 Å². The number of fused-ring (bicyclic) bond motifs is 2. The monoisotopic (exact) mass is 258 g/mol. The summed E-state index contributed by atoms with van der Waals surface area (Å²) >= 11 is 0. The molecule has 0 N–H and O–H groups in total. The van der Waals surface area contributed by atoms with Crippen molar-refractivity contribution < 1.29 is 0 Å². The number of hydrogen-bond donors (Lipinski definition) is 0. The molecule has 0 amide bonds. The van der Waals surface area contributed by atoms with Crippen LogP contribution >= 0.6 is 0 Å². The molecule has 15 heavy (non-hydrogen) atoms. The fourth-order valence-electron chi connectivity index (χ4n) is 1.88. The quantitative estimate of drug-likeness (QED) is 0.426. The number of rotatable bonds is 0. The van der Waals surface area contributed by atoms with Gasteiger partial charge in [0.25, 0.3) is 0 Å². The van der Waals surface area contributed by atoms with Crippen LogP contribution in [0.5, 0.6) is 0 Å². The second kappa shape index (κ2) is 4.06. The molecule has 0 aliphatic heterocycles. The summed E-state index contributed by atoms with van der Waals surface area (Å²) in [5, 5.41) is 5.25. The number of benzene rings is 3. The van der Waals surface area contributed by atoms with Gasteiger partial charge in [0.05, 0.1) is 0 Å². The summed E-state index contributed by atoms with van der Waals surface area (Å²) in [7, 11) is 0. The fraction of sp³-hybridized carbons (Fsp3) is 0. The second-order valence-corrected chi connectivity index (χ2v) is 3.55. The van der Waals surface area contributed by atoms with Gasteiger partial charge in [0.1, 0.15) is 0 Å². The smallest absolute Gasteiger partial charge is 0 e. The molecule has 3 aromatic carbocycles. The van der Waals surface area contributed by atoms with E-state index in [0.29, 0.717) is 0 Å². The predicted octanol–water partition coefficient (Wildman–Crippen LogP) is 3.61. The van der Waals surface area contributed by atoms with Gasteiger partial charge in [-0.15, -0.1) is 0 Å². The molecule has 0 saturated carbocycles. The average Bonchev–Trinajstić information content (AvgIpc) is 2.26. The molecule has 0 nitrogen and oxygen atoms in total. The molecule has 0 fully saturated rings. The molecule has 0 saturated heterocycles. The molecular weight excluding hydrogens is 247 g/mol. The zero-order chi connectivity index (χ0) is 9.38. The van der Waals surface area contributed by atoms with Gasteiger partial charge in [-0.2, -0.15) is 0 Å². The van der Waals surface area contributed by atoms with E-state index in [1.807, 2.05) is 0 Å². The molecule has 0 atom stereocenters. The van der Waals surface area contributed by atoms with Crippen LogP contribution in [0.2, 0.25) is 0 Å². The second-order valence-electron chi connectivity index (χ2n) is 3.55. The van der Waals surface area contributed by atoms with Crippen LogP contribution in [0, 0.1) is 0 Å². The Hall–Kier alpha value is -1.30. The summed E-state index contributed by atoms with van der Waals surface area (Å²) in [5.41, 5.74) is 0. The Balaban J connectivity index is 0.000000853. The molecule has 0 spiro atoms. The van der Waals surface area contributed by atoms with Crippen molar-refractivity contribution in [3.63, 3.8) is 0 Å². The van der Waals surface area contributed by atoms with Gasteiger partial charge in [-0.05, 0) is 33.7 Å². The standard InChI is InChI=1S/C14H10.Se/c1-2-6-12-10-14-8-4-3-7-13(14)9-11(12)5-1;/h1-10H;. The van der Waals surface area contributed by atoms with Gasteiger partial charge in [0, 0.05) is 17.1 Å². The van der Waals surface area contributed by atoms with E-state index < -0.39 is 0 Å². The van der Waals surface area contributed by atoms with Crippen LogP contribution < -0.4 is 0 Å². The van der Waals surface area contributed by atoms with Crippen molar-refractivity contribution in [1.29, 1.82) is 0 Å². The van der Waals surface area contributed by atoms with E-state index in [4.69, 9.17) is 0 Å². The topological polar surface area (TPSA) is 0 Å². The third-order valence-corrected chi connectivity index (χ3v) is 2.61. The van der Waals surface area contributed by atoms with Gasteiger partial charge >= 0.3 is 0 Å². The maximum Gasteiger partial charge on any atom is 0 e. The Labute approximate surface area is 99.4 Å². The van der Waals surface area contributed by atoms with Crippen molar-refractivity contribution in [3.05, 3.63) is 60.7 Å². The molecular formula is C14H10Se. The molecule has 0 bridgehead atoms. The molecule has 0 aromatic heterocycles. The first-order valence-electron chi connectivity index (χ1n) is 4.81. The molecule has 0 unspecified atom stereocenters.